The largest absolute Gasteiger partial charge is 0.473 e. The minimum Gasteiger partial charge on any atom is -0.473 e. The first-order chi connectivity index (χ1) is 16.0. The number of amides is 1. The van der Waals surface area contributed by atoms with Crippen LogP contribution < -0.4 is 5.32 Å². The van der Waals surface area contributed by atoms with Crippen LogP contribution in [0.2, 0.25) is 0 Å². The highest BCUT2D eigenvalue weighted by Gasteiger charge is 2.35. The zero-order valence-corrected chi connectivity index (χ0v) is 21.3. The molecule has 2 rings (SSSR count). The molecule has 34 heavy (non-hydrogen) atoms. The van der Waals surface area contributed by atoms with E-state index < -0.39 is 11.9 Å². The summed E-state index contributed by atoms with van der Waals surface area (Å²) < 4.78 is 5.92. The highest BCUT2D eigenvalue weighted by Crippen LogP contribution is 2.40. The summed E-state index contributed by atoms with van der Waals surface area (Å²) in [4.78, 5) is 33.3. The Bertz CT molecular complexity index is 762. The highest BCUT2D eigenvalue weighted by atomic mass is 16.5. The summed E-state index contributed by atoms with van der Waals surface area (Å²) in [7, 11) is 0. The number of benzene rings is 1. The molecule has 1 aromatic rings. The molecule has 0 radical (unpaired) electrons. The van der Waals surface area contributed by atoms with Crippen molar-refractivity contribution in [1.82, 2.24) is 10.2 Å². The number of aliphatic carboxylic acids is 2. The Kier molecular flexibility index (Phi) is 12.8. The van der Waals surface area contributed by atoms with Gasteiger partial charge in [0.1, 0.15) is 0 Å². The van der Waals surface area contributed by atoms with Gasteiger partial charge in [0.05, 0.1) is 5.60 Å². The first-order valence-electron chi connectivity index (χ1n) is 12.1. The molecule has 0 aromatic heterocycles. The third-order valence-corrected chi connectivity index (χ3v) is 6.27. The van der Waals surface area contributed by atoms with Gasteiger partial charge in [-0.05, 0) is 77.1 Å². The van der Waals surface area contributed by atoms with Crippen LogP contribution in [0.15, 0.2) is 24.3 Å². The van der Waals surface area contributed by atoms with E-state index in [0.717, 1.165) is 52.0 Å². The van der Waals surface area contributed by atoms with Crippen LogP contribution in [-0.4, -0.2) is 71.3 Å². The predicted molar refractivity (Wildman–Crippen MR) is 132 cm³/mol. The Morgan fingerprint density at radius 2 is 1.71 bits per heavy atom. The van der Waals surface area contributed by atoms with Crippen molar-refractivity contribution >= 4 is 17.8 Å². The van der Waals surface area contributed by atoms with Gasteiger partial charge >= 0.3 is 11.9 Å². The Labute approximate surface area is 203 Å². The van der Waals surface area contributed by atoms with Crippen molar-refractivity contribution in [2.24, 2.45) is 5.92 Å². The molecule has 3 N–H and O–H groups in total. The summed E-state index contributed by atoms with van der Waals surface area (Å²) in [5, 5.41) is 17.9. The van der Waals surface area contributed by atoms with Crippen molar-refractivity contribution in [3.8, 4) is 0 Å². The van der Waals surface area contributed by atoms with E-state index in [1.165, 1.54) is 11.1 Å². The molecule has 1 aromatic carbocycles. The number of rotatable bonds is 10. The number of ether oxygens (including phenoxy) is 1. The lowest BCUT2D eigenvalue weighted by molar-refractivity contribution is -0.159. The van der Waals surface area contributed by atoms with Gasteiger partial charge in [0, 0.05) is 19.6 Å². The number of carboxylic acid groups (broad SMARTS) is 2. The molecule has 8 nitrogen and oxygen atoms in total. The van der Waals surface area contributed by atoms with Gasteiger partial charge in [0.25, 0.3) is 0 Å². The van der Waals surface area contributed by atoms with Crippen molar-refractivity contribution in [2.45, 2.75) is 71.8 Å². The van der Waals surface area contributed by atoms with Gasteiger partial charge in [0.15, 0.2) is 0 Å². The topological polar surface area (TPSA) is 116 Å². The summed E-state index contributed by atoms with van der Waals surface area (Å²) in [5.41, 5.74) is 2.44. The number of aryl methyl sites for hydroxylation is 1. The monoisotopic (exact) mass is 478 g/mol. The summed E-state index contributed by atoms with van der Waals surface area (Å²) in [6, 6.07) is 8.73. The second kappa shape index (κ2) is 14.7. The number of hydrogen-bond acceptors (Lipinski definition) is 5. The number of hydrogen-bond donors (Lipinski definition) is 3. The smallest absolute Gasteiger partial charge is 0.414 e. The first kappa shape index (κ1) is 29.6. The normalized spacial score (nSPS) is 17.9. The highest BCUT2D eigenvalue weighted by molar-refractivity contribution is 6.27. The number of nitrogens with zero attached hydrogens (tertiary/aromatic N) is 1. The molecule has 0 spiro atoms. The van der Waals surface area contributed by atoms with Crippen molar-refractivity contribution in [3.63, 3.8) is 0 Å². The van der Waals surface area contributed by atoms with E-state index in [9.17, 15) is 4.79 Å². The van der Waals surface area contributed by atoms with Crippen molar-refractivity contribution in [1.29, 1.82) is 0 Å². The number of nitrogens with one attached hydrogen (secondary N) is 1. The summed E-state index contributed by atoms with van der Waals surface area (Å²) in [6.45, 7) is 15.5. The van der Waals surface area contributed by atoms with E-state index in [1.807, 2.05) is 0 Å². The van der Waals surface area contributed by atoms with Crippen LogP contribution in [0.3, 0.4) is 0 Å². The fourth-order valence-corrected chi connectivity index (χ4v) is 4.33. The van der Waals surface area contributed by atoms with Crippen molar-refractivity contribution in [2.75, 3.05) is 32.8 Å². The minimum absolute atomic E-state index is 0.105. The molecule has 1 aliphatic rings. The second-order valence-corrected chi connectivity index (χ2v) is 9.42. The third kappa shape index (κ3) is 11.1. The molecule has 2 unspecified atom stereocenters. The summed E-state index contributed by atoms with van der Waals surface area (Å²) >= 11 is 0. The van der Waals surface area contributed by atoms with Crippen molar-refractivity contribution in [3.05, 3.63) is 35.4 Å². The Hall–Kier alpha value is -2.45. The molecule has 1 heterocycles. The van der Waals surface area contributed by atoms with Gasteiger partial charge < -0.3 is 25.2 Å². The molecule has 8 heteroatoms. The van der Waals surface area contributed by atoms with Gasteiger partial charge in [-0.15, -0.1) is 0 Å². The maximum Gasteiger partial charge on any atom is 0.414 e. The molecule has 1 fully saturated rings. The zero-order chi connectivity index (χ0) is 25.7. The first-order valence-corrected chi connectivity index (χ1v) is 12.1. The molecule has 0 aliphatic carbocycles. The lowest BCUT2D eigenvalue weighted by Gasteiger charge is -2.39. The maximum absolute atomic E-state index is 12.7. The number of carbonyl (C=O) groups is 3. The molecule has 2 atom stereocenters. The van der Waals surface area contributed by atoms with Crippen LogP contribution in [0.4, 0.5) is 0 Å². The lowest BCUT2D eigenvalue weighted by Crippen LogP contribution is -2.38. The van der Waals surface area contributed by atoms with Gasteiger partial charge in [-0.1, -0.05) is 43.7 Å². The average Bonchev–Trinajstić information content (AvgIpc) is 2.78. The molecule has 0 bridgehead atoms. The van der Waals surface area contributed by atoms with Gasteiger partial charge in [-0.3, -0.25) is 4.79 Å². The predicted octanol–water partition coefficient (Wildman–Crippen LogP) is 3.68. The molecular weight excluding hydrogens is 436 g/mol. The van der Waals surface area contributed by atoms with Crippen LogP contribution in [0.1, 0.15) is 70.4 Å². The zero-order valence-electron chi connectivity index (χ0n) is 21.3. The lowest BCUT2D eigenvalue weighted by atomic mass is 9.75. The number of carboxylic acids is 2. The van der Waals surface area contributed by atoms with Crippen LogP contribution >= 0.6 is 0 Å². The molecule has 1 amide bonds. The Morgan fingerprint density at radius 3 is 2.21 bits per heavy atom. The van der Waals surface area contributed by atoms with E-state index in [1.54, 1.807) is 0 Å². The van der Waals surface area contributed by atoms with Gasteiger partial charge in [-0.25, -0.2) is 9.59 Å². The second-order valence-electron chi connectivity index (χ2n) is 9.42. The third-order valence-electron chi connectivity index (χ3n) is 6.27. The summed E-state index contributed by atoms with van der Waals surface area (Å²) in [5.74, 6) is -2.74. The molecule has 1 saturated heterocycles. The SMILES string of the molecule is CCN(CC)CCCNC(=O)CC(c1ccc(C)cc1)C1CCOC(C)(C)C1.O=C(O)C(=O)O. The molecular formula is C26H42N2O6. The maximum atomic E-state index is 12.7. The Balaban J connectivity index is 0.000000852. The summed E-state index contributed by atoms with van der Waals surface area (Å²) in [6.07, 6.45) is 3.60. The number of carbonyl (C=O) groups excluding carboxylic acids is 1. The van der Waals surface area contributed by atoms with Crippen LogP contribution in [0, 0.1) is 12.8 Å². The average molecular weight is 479 g/mol. The molecule has 0 saturated carbocycles. The van der Waals surface area contributed by atoms with Crippen LogP contribution in [0.25, 0.3) is 0 Å². The van der Waals surface area contributed by atoms with E-state index >= 15 is 0 Å². The molecule has 192 valence electrons. The van der Waals surface area contributed by atoms with E-state index in [0.29, 0.717) is 12.3 Å². The fraction of sp³-hybridized carbons (Fsp3) is 0.654. The van der Waals surface area contributed by atoms with Crippen molar-refractivity contribution < 1.29 is 29.3 Å². The fourth-order valence-electron chi connectivity index (χ4n) is 4.33. The Morgan fingerprint density at radius 1 is 1.12 bits per heavy atom. The van der Waals surface area contributed by atoms with Gasteiger partial charge in [-0.2, -0.15) is 0 Å². The van der Waals surface area contributed by atoms with Crippen LogP contribution in [-0.2, 0) is 19.1 Å². The van der Waals surface area contributed by atoms with E-state index in [2.05, 4.69) is 69.1 Å². The van der Waals surface area contributed by atoms with E-state index in [-0.39, 0.29) is 17.4 Å². The molecule has 1 aliphatic heterocycles. The standard InChI is InChI=1S/C24H40N2O2.C2H2O4/c1-6-26(7-2)15-8-14-25-23(27)17-22(20-11-9-19(3)10-12-20)21-13-16-28-24(4,5)18-21;3-1(4)2(5)6/h9-12,21-22H,6-8,13-18H2,1-5H3,(H,25,27);(H,3,4)(H,5,6). The minimum atomic E-state index is -1.82. The quantitative estimate of drug-likeness (QED) is 0.347. The van der Waals surface area contributed by atoms with E-state index in [4.69, 9.17) is 24.5 Å². The van der Waals surface area contributed by atoms with Gasteiger partial charge in [0.2, 0.25) is 5.91 Å². The van der Waals surface area contributed by atoms with Crippen LogP contribution in [0.5, 0.6) is 0 Å².